The van der Waals surface area contributed by atoms with Crippen molar-refractivity contribution in [1.82, 2.24) is 10.3 Å². The summed E-state index contributed by atoms with van der Waals surface area (Å²) < 4.78 is 12.7. The van der Waals surface area contributed by atoms with Crippen molar-refractivity contribution < 1.29 is 19.1 Å². The molecule has 6 heteroatoms. The summed E-state index contributed by atoms with van der Waals surface area (Å²) in [4.78, 5) is 26.4. The molecule has 0 spiro atoms. The van der Waals surface area contributed by atoms with Crippen LogP contribution in [0.15, 0.2) is 18.3 Å². The predicted octanol–water partition coefficient (Wildman–Crippen LogP) is 1.84. The number of pyridine rings is 1. The third-order valence-corrected chi connectivity index (χ3v) is 2.69. The van der Waals surface area contributed by atoms with E-state index in [0.717, 1.165) is 12.3 Å². The van der Waals surface area contributed by atoms with Gasteiger partial charge in [-0.05, 0) is 17.5 Å². The van der Waals surface area contributed by atoms with Crippen LogP contribution in [0.2, 0.25) is 0 Å². The second-order valence-electron chi connectivity index (χ2n) is 5.35. The van der Waals surface area contributed by atoms with Crippen LogP contribution in [0.4, 0.5) is 4.39 Å². The number of hydrogen-bond acceptors (Lipinski definition) is 3. The van der Waals surface area contributed by atoms with Crippen LogP contribution in [0.25, 0.3) is 0 Å². The first-order valence-corrected chi connectivity index (χ1v) is 5.84. The maximum atomic E-state index is 12.7. The molecule has 0 aliphatic carbocycles. The number of amides is 1. The number of aromatic nitrogens is 1. The van der Waals surface area contributed by atoms with Gasteiger partial charge in [0.05, 0.1) is 12.6 Å². The van der Waals surface area contributed by atoms with E-state index < -0.39 is 29.2 Å². The molecule has 104 valence electrons. The van der Waals surface area contributed by atoms with E-state index in [4.69, 9.17) is 5.11 Å². The monoisotopic (exact) mass is 268 g/mol. The number of carbonyl (C=O) groups excluding carboxylic acids is 1. The van der Waals surface area contributed by atoms with Crippen molar-refractivity contribution in [3.05, 3.63) is 29.8 Å². The zero-order valence-corrected chi connectivity index (χ0v) is 11.1. The molecule has 0 aromatic carbocycles. The summed E-state index contributed by atoms with van der Waals surface area (Å²) in [5.74, 6) is -2.04. The largest absolute Gasteiger partial charge is 0.481 e. The summed E-state index contributed by atoms with van der Waals surface area (Å²) in [5, 5.41) is 11.5. The van der Waals surface area contributed by atoms with Crippen LogP contribution in [0, 0.1) is 11.2 Å². The summed E-state index contributed by atoms with van der Waals surface area (Å²) >= 11 is 0. The Morgan fingerprint density at radius 3 is 2.47 bits per heavy atom. The number of carboxylic acid groups (broad SMARTS) is 1. The highest BCUT2D eigenvalue weighted by atomic mass is 19.1. The molecule has 1 amide bonds. The van der Waals surface area contributed by atoms with E-state index in [1.807, 2.05) is 20.8 Å². The third kappa shape index (κ3) is 4.65. The highest BCUT2D eigenvalue weighted by molar-refractivity contribution is 5.92. The Balaban J connectivity index is 2.81. The summed E-state index contributed by atoms with van der Waals surface area (Å²) in [6.45, 7) is 5.50. The average molecular weight is 268 g/mol. The van der Waals surface area contributed by atoms with Gasteiger partial charge < -0.3 is 10.4 Å². The molecule has 0 saturated carbocycles. The summed E-state index contributed by atoms with van der Waals surface area (Å²) in [6, 6.07) is 1.85. The highest BCUT2D eigenvalue weighted by Gasteiger charge is 2.29. The van der Waals surface area contributed by atoms with Gasteiger partial charge in [0.25, 0.3) is 5.91 Å². The minimum atomic E-state index is -0.993. The molecule has 1 unspecified atom stereocenters. The number of hydrogen-bond donors (Lipinski definition) is 2. The SMILES string of the molecule is CC(C)(C)C(CC(=O)O)NC(=O)c1ccc(F)cn1. The Bertz CT molecular complexity index is 466. The highest BCUT2D eigenvalue weighted by Crippen LogP contribution is 2.22. The molecule has 0 radical (unpaired) electrons. The van der Waals surface area contributed by atoms with Crippen LogP contribution >= 0.6 is 0 Å². The lowest BCUT2D eigenvalue weighted by Crippen LogP contribution is -2.45. The predicted molar refractivity (Wildman–Crippen MR) is 67.2 cm³/mol. The van der Waals surface area contributed by atoms with Crippen molar-refractivity contribution in [1.29, 1.82) is 0 Å². The first-order valence-electron chi connectivity index (χ1n) is 5.84. The van der Waals surface area contributed by atoms with E-state index in [1.54, 1.807) is 0 Å². The molecular formula is C13H17FN2O3. The first-order chi connectivity index (χ1) is 8.70. The molecule has 2 N–H and O–H groups in total. The van der Waals surface area contributed by atoms with Crippen LogP contribution in [0.5, 0.6) is 0 Å². The van der Waals surface area contributed by atoms with E-state index in [0.29, 0.717) is 0 Å². The number of nitrogens with zero attached hydrogens (tertiary/aromatic N) is 1. The number of rotatable bonds is 4. The molecule has 1 aromatic heterocycles. The first kappa shape index (κ1) is 15.1. The van der Waals surface area contributed by atoms with Gasteiger partial charge in [0.15, 0.2) is 0 Å². The van der Waals surface area contributed by atoms with Gasteiger partial charge in [-0.1, -0.05) is 20.8 Å². The van der Waals surface area contributed by atoms with Gasteiger partial charge in [-0.3, -0.25) is 9.59 Å². The molecule has 0 bridgehead atoms. The second-order valence-corrected chi connectivity index (χ2v) is 5.35. The molecule has 5 nitrogen and oxygen atoms in total. The minimum absolute atomic E-state index is 0.0565. The van der Waals surface area contributed by atoms with Crippen LogP contribution in [0.3, 0.4) is 0 Å². The smallest absolute Gasteiger partial charge is 0.305 e. The van der Waals surface area contributed by atoms with Crippen LogP contribution in [0.1, 0.15) is 37.7 Å². The molecule has 0 fully saturated rings. The quantitative estimate of drug-likeness (QED) is 0.873. The number of carboxylic acids is 1. The standard InChI is InChI=1S/C13H17FN2O3/c1-13(2,3)10(6-11(17)18)16-12(19)9-5-4-8(14)7-15-9/h4-5,7,10H,6H2,1-3H3,(H,16,19)(H,17,18). The van der Waals surface area contributed by atoms with Gasteiger partial charge in [-0.25, -0.2) is 9.37 Å². The molecule has 1 heterocycles. The molecule has 0 aliphatic heterocycles. The van der Waals surface area contributed by atoms with Gasteiger partial charge in [0.1, 0.15) is 11.5 Å². The van der Waals surface area contributed by atoms with E-state index in [-0.39, 0.29) is 12.1 Å². The minimum Gasteiger partial charge on any atom is -0.481 e. The van der Waals surface area contributed by atoms with Gasteiger partial charge >= 0.3 is 5.97 Å². The van der Waals surface area contributed by atoms with Gasteiger partial charge in [-0.2, -0.15) is 0 Å². The van der Waals surface area contributed by atoms with E-state index in [2.05, 4.69) is 10.3 Å². The number of halogens is 1. The van der Waals surface area contributed by atoms with Crippen molar-refractivity contribution >= 4 is 11.9 Å². The molecule has 1 aromatic rings. The number of aliphatic carboxylic acids is 1. The third-order valence-electron chi connectivity index (χ3n) is 2.69. The zero-order chi connectivity index (χ0) is 14.6. The lowest BCUT2D eigenvalue weighted by atomic mass is 9.84. The molecular weight excluding hydrogens is 251 g/mol. The summed E-state index contributed by atoms with van der Waals surface area (Å²) in [6.07, 6.45) is 0.759. The number of carbonyl (C=O) groups is 2. The van der Waals surface area contributed by atoms with Crippen molar-refractivity contribution in [3.63, 3.8) is 0 Å². The lowest BCUT2D eigenvalue weighted by molar-refractivity contribution is -0.138. The zero-order valence-electron chi connectivity index (χ0n) is 11.1. The molecule has 1 atom stereocenters. The average Bonchev–Trinajstić information content (AvgIpc) is 2.27. The van der Waals surface area contributed by atoms with E-state index in [1.165, 1.54) is 6.07 Å². The second kappa shape index (κ2) is 5.77. The topological polar surface area (TPSA) is 79.3 Å². The van der Waals surface area contributed by atoms with E-state index >= 15 is 0 Å². The maximum absolute atomic E-state index is 12.7. The fourth-order valence-corrected chi connectivity index (χ4v) is 1.49. The van der Waals surface area contributed by atoms with E-state index in [9.17, 15) is 14.0 Å². The summed E-state index contributed by atoms with van der Waals surface area (Å²) in [7, 11) is 0. The Morgan fingerprint density at radius 2 is 2.05 bits per heavy atom. The Morgan fingerprint density at radius 1 is 1.42 bits per heavy atom. The van der Waals surface area contributed by atoms with Crippen molar-refractivity contribution in [2.24, 2.45) is 5.41 Å². The maximum Gasteiger partial charge on any atom is 0.305 e. The Labute approximate surface area is 110 Å². The van der Waals surface area contributed by atoms with Gasteiger partial charge in [-0.15, -0.1) is 0 Å². The Hall–Kier alpha value is -1.98. The number of nitrogens with one attached hydrogen (secondary N) is 1. The van der Waals surface area contributed by atoms with Gasteiger partial charge in [0.2, 0.25) is 0 Å². The van der Waals surface area contributed by atoms with Crippen LogP contribution in [-0.4, -0.2) is 28.0 Å². The van der Waals surface area contributed by atoms with Crippen molar-refractivity contribution in [3.8, 4) is 0 Å². The molecule has 19 heavy (non-hydrogen) atoms. The normalized spacial score (nSPS) is 12.8. The molecule has 0 aliphatic rings. The van der Waals surface area contributed by atoms with Crippen LogP contribution < -0.4 is 5.32 Å². The fourth-order valence-electron chi connectivity index (χ4n) is 1.49. The van der Waals surface area contributed by atoms with Gasteiger partial charge in [0, 0.05) is 6.04 Å². The lowest BCUT2D eigenvalue weighted by Gasteiger charge is -2.30. The van der Waals surface area contributed by atoms with Crippen molar-refractivity contribution in [2.75, 3.05) is 0 Å². The Kier molecular flexibility index (Phi) is 4.58. The summed E-state index contributed by atoms with van der Waals surface area (Å²) in [5.41, 5.74) is -0.352. The molecule has 0 saturated heterocycles. The van der Waals surface area contributed by atoms with Crippen molar-refractivity contribution in [2.45, 2.75) is 33.2 Å². The molecule has 1 rings (SSSR count). The fraction of sp³-hybridized carbons (Fsp3) is 0.462. The van der Waals surface area contributed by atoms with Crippen LogP contribution in [-0.2, 0) is 4.79 Å².